The number of hydrogen-bond donors (Lipinski definition) is 2. The first-order chi connectivity index (χ1) is 15.4. The van der Waals surface area contributed by atoms with Crippen LogP contribution in [0.3, 0.4) is 0 Å². The maximum absolute atomic E-state index is 13.5. The fraction of sp³-hybridized carbons (Fsp3) is 0.478. The van der Waals surface area contributed by atoms with Gasteiger partial charge in [0.2, 0.25) is 10.0 Å². The first-order valence-electron chi connectivity index (χ1n) is 10.9. The summed E-state index contributed by atoms with van der Waals surface area (Å²) in [6.45, 7) is 4.01. The zero-order valence-electron chi connectivity index (χ0n) is 18.1. The van der Waals surface area contributed by atoms with E-state index in [1.807, 2.05) is 0 Å². The highest BCUT2D eigenvalue weighted by Crippen LogP contribution is 2.30. The van der Waals surface area contributed by atoms with E-state index in [-0.39, 0.29) is 36.6 Å². The van der Waals surface area contributed by atoms with Gasteiger partial charge < -0.3 is 10.0 Å². The molecule has 0 bridgehead atoms. The SMILES string of the molecule is O=S(=O)(CCCN1CCN(C(c2ccc(F)cc2)c2ccc(F)cc2)CC1)NCCCO. The Hall–Kier alpha value is -1.91. The Labute approximate surface area is 188 Å². The number of sulfonamides is 1. The number of benzene rings is 2. The van der Waals surface area contributed by atoms with Gasteiger partial charge in [-0.2, -0.15) is 0 Å². The summed E-state index contributed by atoms with van der Waals surface area (Å²) in [4.78, 5) is 4.54. The molecule has 1 saturated heterocycles. The van der Waals surface area contributed by atoms with Crippen LogP contribution in [0.25, 0.3) is 0 Å². The molecule has 0 aromatic heterocycles. The number of hydrogen-bond acceptors (Lipinski definition) is 5. The lowest BCUT2D eigenvalue weighted by molar-refractivity contribution is 0.109. The highest BCUT2D eigenvalue weighted by Gasteiger charge is 2.26. The number of aliphatic hydroxyl groups excluding tert-OH is 1. The third-order valence-electron chi connectivity index (χ3n) is 5.69. The average Bonchev–Trinajstić information content (AvgIpc) is 2.77. The van der Waals surface area contributed by atoms with Crippen LogP contribution in [-0.2, 0) is 10.0 Å². The molecule has 0 atom stereocenters. The number of nitrogens with one attached hydrogen (secondary N) is 1. The Bertz CT molecular complexity index is 886. The van der Waals surface area contributed by atoms with Crippen molar-refractivity contribution in [2.45, 2.75) is 18.9 Å². The summed E-state index contributed by atoms with van der Waals surface area (Å²) in [6, 6.07) is 12.7. The second kappa shape index (κ2) is 11.8. The van der Waals surface area contributed by atoms with Crippen LogP contribution in [0.15, 0.2) is 48.5 Å². The number of piperazine rings is 1. The third-order valence-corrected chi connectivity index (χ3v) is 7.16. The molecule has 2 N–H and O–H groups in total. The van der Waals surface area contributed by atoms with Gasteiger partial charge in [0.05, 0.1) is 11.8 Å². The molecule has 1 fully saturated rings. The van der Waals surface area contributed by atoms with Crippen LogP contribution in [0.2, 0.25) is 0 Å². The van der Waals surface area contributed by atoms with Crippen molar-refractivity contribution >= 4 is 10.0 Å². The molecule has 2 aromatic carbocycles. The Morgan fingerprint density at radius 3 is 1.91 bits per heavy atom. The van der Waals surface area contributed by atoms with Crippen LogP contribution in [0.4, 0.5) is 8.78 Å². The van der Waals surface area contributed by atoms with Crippen molar-refractivity contribution in [2.24, 2.45) is 0 Å². The van der Waals surface area contributed by atoms with Crippen LogP contribution in [0.5, 0.6) is 0 Å². The fourth-order valence-electron chi connectivity index (χ4n) is 4.01. The molecule has 0 aliphatic carbocycles. The molecule has 0 amide bonds. The summed E-state index contributed by atoms with van der Waals surface area (Å²) in [7, 11) is -3.32. The second-order valence-electron chi connectivity index (χ2n) is 8.03. The van der Waals surface area contributed by atoms with E-state index in [2.05, 4.69) is 14.5 Å². The maximum Gasteiger partial charge on any atom is 0.211 e. The Morgan fingerprint density at radius 1 is 0.875 bits per heavy atom. The standard InChI is InChI=1S/C23H31F2N3O3S/c24-21-7-3-19(4-8-21)23(20-5-9-22(25)10-6-20)28-15-13-27(14-16-28)12-2-18-32(30,31)26-11-1-17-29/h3-10,23,26,29H,1-2,11-18H2. The van der Waals surface area contributed by atoms with E-state index in [0.717, 1.165) is 37.3 Å². The molecule has 9 heteroatoms. The molecule has 176 valence electrons. The van der Waals surface area contributed by atoms with E-state index in [1.165, 1.54) is 24.3 Å². The summed E-state index contributed by atoms with van der Waals surface area (Å²) in [5, 5.41) is 8.76. The molecule has 2 aromatic rings. The monoisotopic (exact) mass is 467 g/mol. The highest BCUT2D eigenvalue weighted by atomic mass is 32.2. The van der Waals surface area contributed by atoms with Crippen molar-refractivity contribution in [1.29, 1.82) is 0 Å². The molecule has 1 heterocycles. The van der Waals surface area contributed by atoms with Crippen molar-refractivity contribution in [3.05, 3.63) is 71.3 Å². The Kier molecular flexibility index (Phi) is 9.12. The van der Waals surface area contributed by atoms with Gasteiger partial charge in [-0.15, -0.1) is 0 Å². The average molecular weight is 468 g/mol. The van der Waals surface area contributed by atoms with Crippen LogP contribution in [0.1, 0.15) is 30.0 Å². The summed E-state index contributed by atoms with van der Waals surface area (Å²) in [5.41, 5.74) is 1.90. The normalized spacial score (nSPS) is 16.0. The minimum Gasteiger partial charge on any atom is -0.396 e. The number of nitrogens with zero attached hydrogens (tertiary/aromatic N) is 2. The molecular formula is C23H31F2N3O3S. The molecule has 3 rings (SSSR count). The lowest BCUT2D eigenvalue weighted by Crippen LogP contribution is -2.48. The first-order valence-corrected chi connectivity index (χ1v) is 12.6. The van der Waals surface area contributed by atoms with Gasteiger partial charge in [0.1, 0.15) is 11.6 Å². The summed E-state index contributed by atoms with van der Waals surface area (Å²) >= 11 is 0. The predicted octanol–water partition coefficient (Wildman–Crippen LogP) is 2.36. The van der Waals surface area contributed by atoms with E-state index in [9.17, 15) is 17.2 Å². The number of rotatable bonds is 11. The lowest BCUT2D eigenvalue weighted by Gasteiger charge is -2.39. The third kappa shape index (κ3) is 7.31. The topological polar surface area (TPSA) is 72.9 Å². The van der Waals surface area contributed by atoms with Gasteiger partial charge >= 0.3 is 0 Å². The molecule has 1 aliphatic heterocycles. The van der Waals surface area contributed by atoms with Gasteiger partial charge in [0.25, 0.3) is 0 Å². The van der Waals surface area contributed by atoms with Crippen molar-refractivity contribution in [3.8, 4) is 0 Å². The maximum atomic E-state index is 13.5. The van der Waals surface area contributed by atoms with Gasteiger partial charge in [0, 0.05) is 39.3 Å². The minimum absolute atomic E-state index is 0.0381. The lowest BCUT2D eigenvalue weighted by atomic mass is 9.96. The van der Waals surface area contributed by atoms with Gasteiger partial charge in [-0.25, -0.2) is 21.9 Å². The van der Waals surface area contributed by atoms with Crippen molar-refractivity contribution in [3.63, 3.8) is 0 Å². The molecule has 1 aliphatic rings. The zero-order chi connectivity index (χ0) is 23.0. The molecule has 0 unspecified atom stereocenters. The van der Waals surface area contributed by atoms with Crippen LogP contribution >= 0.6 is 0 Å². The van der Waals surface area contributed by atoms with Crippen molar-refractivity contribution < 1.29 is 22.3 Å². The van der Waals surface area contributed by atoms with E-state index in [1.54, 1.807) is 24.3 Å². The summed E-state index contributed by atoms with van der Waals surface area (Å²) in [5.74, 6) is -0.527. The smallest absolute Gasteiger partial charge is 0.211 e. The van der Waals surface area contributed by atoms with Crippen LogP contribution in [0, 0.1) is 11.6 Å². The van der Waals surface area contributed by atoms with Crippen molar-refractivity contribution in [2.75, 3.05) is 51.6 Å². The molecule has 6 nitrogen and oxygen atoms in total. The van der Waals surface area contributed by atoms with Crippen molar-refractivity contribution in [1.82, 2.24) is 14.5 Å². The molecule has 0 saturated carbocycles. The predicted molar refractivity (Wildman–Crippen MR) is 121 cm³/mol. The van der Waals surface area contributed by atoms with Gasteiger partial charge in [0.15, 0.2) is 0 Å². The van der Waals surface area contributed by atoms with E-state index < -0.39 is 10.0 Å². The first kappa shape index (κ1) is 24.7. The van der Waals surface area contributed by atoms with Gasteiger partial charge in [-0.1, -0.05) is 24.3 Å². The molecular weight excluding hydrogens is 436 g/mol. The zero-order valence-corrected chi connectivity index (χ0v) is 18.9. The quantitative estimate of drug-likeness (QED) is 0.497. The van der Waals surface area contributed by atoms with Crippen LogP contribution in [-0.4, -0.2) is 75.0 Å². The molecule has 32 heavy (non-hydrogen) atoms. The summed E-state index contributed by atoms with van der Waals surface area (Å²) in [6.07, 6.45) is 0.943. The Balaban J connectivity index is 1.57. The minimum atomic E-state index is -3.32. The number of aliphatic hydroxyl groups is 1. The van der Waals surface area contributed by atoms with Gasteiger partial charge in [-0.05, 0) is 54.8 Å². The fourth-order valence-corrected chi connectivity index (χ4v) is 5.12. The summed E-state index contributed by atoms with van der Waals surface area (Å²) < 4.78 is 53.4. The Morgan fingerprint density at radius 2 is 1.41 bits per heavy atom. The molecule has 0 radical (unpaired) electrons. The van der Waals surface area contributed by atoms with Gasteiger partial charge in [-0.3, -0.25) is 4.90 Å². The van der Waals surface area contributed by atoms with E-state index in [4.69, 9.17) is 5.11 Å². The second-order valence-corrected chi connectivity index (χ2v) is 9.95. The van der Waals surface area contributed by atoms with E-state index in [0.29, 0.717) is 19.4 Å². The number of halogens is 2. The van der Waals surface area contributed by atoms with Crippen LogP contribution < -0.4 is 4.72 Å². The van der Waals surface area contributed by atoms with E-state index >= 15 is 0 Å². The molecule has 0 spiro atoms. The largest absolute Gasteiger partial charge is 0.396 e. The highest BCUT2D eigenvalue weighted by molar-refractivity contribution is 7.89.